The summed E-state index contributed by atoms with van der Waals surface area (Å²) in [5.74, 6) is -6.26. The zero-order chi connectivity index (χ0) is 16.3. The van der Waals surface area contributed by atoms with Crippen LogP contribution in [0.15, 0.2) is 12.1 Å². The van der Waals surface area contributed by atoms with E-state index in [-0.39, 0.29) is 18.8 Å². The van der Waals surface area contributed by atoms with Crippen LogP contribution in [0.3, 0.4) is 0 Å². The van der Waals surface area contributed by atoms with Gasteiger partial charge in [0.15, 0.2) is 11.6 Å². The monoisotopic (exact) mass is 322 g/mol. The van der Waals surface area contributed by atoms with Gasteiger partial charge in [-0.15, -0.1) is 0 Å². The number of nitrogens with one attached hydrogen (secondary N) is 1. The van der Waals surface area contributed by atoms with Crippen LogP contribution in [-0.2, 0) is 0 Å². The Labute approximate surface area is 125 Å². The molecular formula is C14H18F4N2O2. The van der Waals surface area contributed by atoms with Crippen molar-refractivity contribution in [2.75, 3.05) is 39.9 Å². The molecule has 1 heterocycles. The molecule has 1 aromatic rings. The van der Waals surface area contributed by atoms with E-state index in [2.05, 4.69) is 5.32 Å². The lowest BCUT2D eigenvalue weighted by molar-refractivity contribution is -0.120. The van der Waals surface area contributed by atoms with Crippen molar-refractivity contribution in [3.63, 3.8) is 0 Å². The first-order valence-electron chi connectivity index (χ1n) is 6.87. The van der Waals surface area contributed by atoms with Gasteiger partial charge >= 0.3 is 0 Å². The van der Waals surface area contributed by atoms with E-state index in [0.717, 1.165) is 12.1 Å². The van der Waals surface area contributed by atoms with E-state index in [9.17, 15) is 17.6 Å². The number of hydrogen-bond acceptors (Lipinski definition) is 4. The average molecular weight is 322 g/mol. The number of aliphatic hydroxyl groups is 1. The minimum Gasteiger partial charge on any atom is -0.494 e. The number of halogens is 4. The third-order valence-corrected chi connectivity index (χ3v) is 3.71. The lowest BCUT2D eigenvalue weighted by Gasteiger charge is -2.39. The van der Waals surface area contributed by atoms with Crippen LogP contribution < -0.4 is 10.1 Å². The van der Waals surface area contributed by atoms with Crippen molar-refractivity contribution in [3.05, 3.63) is 29.3 Å². The number of aliphatic hydroxyl groups excluding tert-OH is 1. The Morgan fingerprint density at radius 3 is 2.50 bits per heavy atom. The van der Waals surface area contributed by atoms with Gasteiger partial charge in [-0.1, -0.05) is 0 Å². The van der Waals surface area contributed by atoms with Gasteiger partial charge in [0.25, 0.3) is 5.92 Å². The molecule has 4 nitrogen and oxygen atoms in total. The molecule has 2 rings (SSSR count). The minimum absolute atomic E-state index is 0.191. The molecule has 1 aliphatic rings. The second-order valence-corrected chi connectivity index (χ2v) is 5.08. The predicted molar refractivity (Wildman–Crippen MR) is 72.1 cm³/mol. The summed E-state index contributed by atoms with van der Waals surface area (Å²) in [6.07, 6.45) is 0. The van der Waals surface area contributed by atoms with E-state index >= 15 is 0 Å². The molecule has 1 aromatic carbocycles. The van der Waals surface area contributed by atoms with E-state index < -0.39 is 35.8 Å². The van der Waals surface area contributed by atoms with Crippen molar-refractivity contribution in [2.45, 2.75) is 12.0 Å². The number of alkyl halides is 2. The van der Waals surface area contributed by atoms with Crippen LogP contribution >= 0.6 is 0 Å². The van der Waals surface area contributed by atoms with E-state index in [1.807, 2.05) is 0 Å². The summed E-state index contributed by atoms with van der Waals surface area (Å²) in [5, 5.41) is 12.0. The van der Waals surface area contributed by atoms with Crippen molar-refractivity contribution in [1.29, 1.82) is 0 Å². The number of nitrogens with zero attached hydrogens (tertiary/aromatic N) is 1. The van der Waals surface area contributed by atoms with Crippen LogP contribution in [0.2, 0.25) is 0 Å². The fraction of sp³-hybridized carbons (Fsp3) is 0.571. The quantitative estimate of drug-likeness (QED) is 0.808. The highest BCUT2D eigenvalue weighted by atomic mass is 19.3. The van der Waals surface area contributed by atoms with Crippen molar-refractivity contribution >= 4 is 0 Å². The number of rotatable bonds is 5. The molecule has 1 fully saturated rings. The van der Waals surface area contributed by atoms with Crippen molar-refractivity contribution in [3.8, 4) is 5.75 Å². The summed E-state index contributed by atoms with van der Waals surface area (Å²) < 4.78 is 61.6. The number of methoxy groups -OCH3 is 1. The summed E-state index contributed by atoms with van der Waals surface area (Å²) in [5.41, 5.74) is -0.777. The van der Waals surface area contributed by atoms with Gasteiger partial charge in [-0.25, -0.2) is 17.6 Å². The van der Waals surface area contributed by atoms with Crippen LogP contribution in [0.1, 0.15) is 11.6 Å². The molecule has 0 aliphatic carbocycles. The maximum Gasteiger partial charge on any atom is 0.290 e. The standard InChI is InChI=1S/C14H18F4N2O2/c1-22-10-3-2-9(15)11(12(10)16)13(14(17,18)8-21)20-6-4-19-5-7-20/h2-3,13,19,21H,4-8H2,1H3/t13-/m0/s1. The van der Waals surface area contributed by atoms with Gasteiger partial charge in [0, 0.05) is 26.2 Å². The molecule has 1 aliphatic heterocycles. The zero-order valence-electron chi connectivity index (χ0n) is 12.1. The topological polar surface area (TPSA) is 44.7 Å². The first-order valence-corrected chi connectivity index (χ1v) is 6.87. The Morgan fingerprint density at radius 1 is 1.32 bits per heavy atom. The third kappa shape index (κ3) is 3.18. The summed E-state index contributed by atoms with van der Waals surface area (Å²) in [7, 11) is 1.17. The molecule has 1 atom stereocenters. The molecule has 2 N–H and O–H groups in total. The lowest BCUT2D eigenvalue weighted by Crippen LogP contribution is -2.51. The molecule has 0 aromatic heterocycles. The molecule has 124 valence electrons. The number of hydrogen-bond donors (Lipinski definition) is 2. The zero-order valence-corrected chi connectivity index (χ0v) is 12.1. The normalized spacial score (nSPS) is 18.3. The average Bonchev–Trinajstić information content (AvgIpc) is 2.52. The summed E-state index contributed by atoms with van der Waals surface area (Å²) in [6, 6.07) is 0.0367. The molecule has 0 saturated carbocycles. The lowest BCUT2D eigenvalue weighted by atomic mass is 9.96. The molecule has 1 saturated heterocycles. The molecule has 0 spiro atoms. The van der Waals surface area contributed by atoms with Crippen molar-refractivity contribution in [2.24, 2.45) is 0 Å². The van der Waals surface area contributed by atoms with Gasteiger partial charge in [0.05, 0.1) is 12.7 Å². The fourth-order valence-electron chi connectivity index (χ4n) is 2.65. The Hall–Kier alpha value is -1.38. The third-order valence-electron chi connectivity index (χ3n) is 3.71. The summed E-state index contributed by atoms with van der Waals surface area (Å²) in [6.45, 7) is -0.277. The van der Waals surface area contributed by atoms with Crippen LogP contribution in [0, 0.1) is 11.6 Å². The first-order chi connectivity index (χ1) is 10.4. The highest BCUT2D eigenvalue weighted by Gasteiger charge is 2.47. The van der Waals surface area contributed by atoms with Crippen molar-refractivity contribution < 1.29 is 27.4 Å². The second kappa shape index (κ2) is 6.80. The highest BCUT2D eigenvalue weighted by molar-refractivity contribution is 5.35. The Bertz CT molecular complexity index is 522. The van der Waals surface area contributed by atoms with E-state index in [1.165, 1.54) is 12.0 Å². The van der Waals surface area contributed by atoms with E-state index in [1.54, 1.807) is 0 Å². The van der Waals surface area contributed by atoms with Crippen LogP contribution in [0.4, 0.5) is 17.6 Å². The summed E-state index contributed by atoms with van der Waals surface area (Å²) in [4.78, 5) is 1.27. The predicted octanol–water partition coefficient (Wildman–Crippen LogP) is 1.55. The van der Waals surface area contributed by atoms with Gasteiger partial charge in [-0.2, -0.15) is 0 Å². The number of benzene rings is 1. The molecular weight excluding hydrogens is 304 g/mol. The molecule has 0 bridgehead atoms. The smallest absolute Gasteiger partial charge is 0.290 e. The molecule has 0 amide bonds. The maximum absolute atomic E-state index is 14.4. The molecule has 22 heavy (non-hydrogen) atoms. The summed E-state index contributed by atoms with van der Waals surface area (Å²) >= 11 is 0. The van der Waals surface area contributed by atoms with E-state index in [0.29, 0.717) is 13.1 Å². The van der Waals surface area contributed by atoms with Gasteiger partial charge in [0.1, 0.15) is 18.5 Å². The Balaban J connectivity index is 2.53. The molecule has 0 unspecified atom stereocenters. The Kier molecular flexibility index (Phi) is 5.25. The van der Waals surface area contributed by atoms with Gasteiger partial charge in [-0.05, 0) is 12.1 Å². The van der Waals surface area contributed by atoms with Crippen LogP contribution in [0.5, 0.6) is 5.75 Å². The molecule has 8 heteroatoms. The fourth-order valence-corrected chi connectivity index (χ4v) is 2.65. The number of ether oxygens (including phenoxy) is 1. The second-order valence-electron chi connectivity index (χ2n) is 5.08. The van der Waals surface area contributed by atoms with Gasteiger partial charge in [0.2, 0.25) is 0 Å². The van der Waals surface area contributed by atoms with E-state index in [4.69, 9.17) is 9.84 Å². The van der Waals surface area contributed by atoms with Crippen LogP contribution in [-0.4, -0.2) is 55.8 Å². The number of piperazine rings is 1. The van der Waals surface area contributed by atoms with Crippen LogP contribution in [0.25, 0.3) is 0 Å². The maximum atomic E-state index is 14.4. The highest BCUT2D eigenvalue weighted by Crippen LogP contribution is 2.40. The minimum atomic E-state index is -3.69. The van der Waals surface area contributed by atoms with Gasteiger partial charge in [-0.3, -0.25) is 4.90 Å². The largest absolute Gasteiger partial charge is 0.494 e. The van der Waals surface area contributed by atoms with Gasteiger partial charge < -0.3 is 15.2 Å². The van der Waals surface area contributed by atoms with Crippen molar-refractivity contribution in [1.82, 2.24) is 10.2 Å². The SMILES string of the molecule is COc1ccc(F)c([C@H](N2CCNCC2)C(F)(F)CO)c1F. The molecule has 0 radical (unpaired) electrons. The Morgan fingerprint density at radius 2 is 1.95 bits per heavy atom. The first kappa shape index (κ1) is 17.0.